The summed E-state index contributed by atoms with van der Waals surface area (Å²) in [5, 5.41) is 4.44. The SMILES string of the molecule is CCn1nc(N(C)C(=O)c2ccc(OC(F)(F)F)cc2)cc1-c1ccc(C=O)cc1. The monoisotopic (exact) mass is 417 g/mol. The Bertz CT molecular complexity index is 1040. The van der Waals surface area contributed by atoms with Gasteiger partial charge in [-0.05, 0) is 36.8 Å². The summed E-state index contributed by atoms with van der Waals surface area (Å²) < 4.78 is 42.4. The second-order valence-corrected chi connectivity index (χ2v) is 6.38. The molecule has 0 atom stereocenters. The number of nitrogens with zero attached hydrogens (tertiary/aromatic N) is 3. The molecule has 0 aliphatic heterocycles. The predicted molar refractivity (Wildman–Crippen MR) is 105 cm³/mol. The minimum Gasteiger partial charge on any atom is -0.406 e. The number of amides is 1. The van der Waals surface area contributed by atoms with E-state index in [-0.39, 0.29) is 5.56 Å². The zero-order valence-corrected chi connectivity index (χ0v) is 16.2. The van der Waals surface area contributed by atoms with Crippen molar-refractivity contribution in [2.75, 3.05) is 11.9 Å². The summed E-state index contributed by atoms with van der Waals surface area (Å²) in [6.07, 6.45) is -4.04. The van der Waals surface area contributed by atoms with E-state index >= 15 is 0 Å². The smallest absolute Gasteiger partial charge is 0.406 e. The van der Waals surface area contributed by atoms with Crippen LogP contribution >= 0.6 is 0 Å². The van der Waals surface area contributed by atoms with Crippen LogP contribution in [-0.2, 0) is 6.54 Å². The predicted octanol–water partition coefficient (Wildman–Crippen LogP) is 4.56. The summed E-state index contributed by atoms with van der Waals surface area (Å²) in [6.45, 7) is 2.46. The Balaban J connectivity index is 1.83. The molecule has 0 radical (unpaired) electrons. The number of aldehydes is 1. The fourth-order valence-electron chi connectivity index (χ4n) is 2.87. The van der Waals surface area contributed by atoms with Crippen LogP contribution in [0, 0.1) is 0 Å². The number of aromatic nitrogens is 2. The van der Waals surface area contributed by atoms with E-state index in [9.17, 15) is 22.8 Å². The molecule has 0 bridgehead atoms. The van der Waals surface area contributed by atoms with Crippen molar-refractivity contribution in [2.24, 2.45) is 0 Å². The number of carbonyl (C=O) groups excluding carboxylic acids is 2. The van der Waals surface area contributed by atoms with Crippen LogP contribution in [0.3, 0.4) is 0 Å². The molecular formula is C21H18F3N3O3. The van der Waals surface area contributed by atoms with Crippen molar-refractivity contribution in [1.82, 2.24) is 9.78 Å². The van der Waals surface area contributed by atoms with E-state index in [4.69, 9.17) is 0 Å². The van der Waals surface area contributed by atoms with Crippen LogP contribution in [-0.4, -0.2) is 35.4 Å². The lowest BCUT2D eigenvalue weighted by molar-refractivity contribution is -0.274. The molecule has 0 saturated carbocycles. The van der Waals surface area contributed by atoms with Gasteiger partial charge in [-0.15, -0.1) is 13.2 Å². The summed E-state index contributed by atoms with van der Waals surface area (Å²) >= 11 is 0. The molecule has 0 N–H and O–H groups in total. The highest BCUT2D eigenvalue weighted by molar-refractivity contribution is 6.05. The van der Waals surface area contributed by atoms with Crippen molar-refractivity contribution < 1.29 is 27.5 Å². The van der Waals surface area contributed by atoms with Gasteiger partial charge in [-0.2, -0.15) is 5.10 Å². The van der Waals surface area contributed by atoms with Crippen LogP contribution in [0.2, 0.25) is 0 Å². The van der Waals surface area contributed by atoms with Gasteiger partial charge in [-0.1, -0.05) is 24.3 Å². The van der Waals surface area contributed by atoms with E-state index in [0.717, 1.165) is 29.7 Å². The first-order valence-electron chi connectivity index (χ1n) is 8.99. The topological polar surface area (TPSA) is 64.4 Å². The molecule has 0 saturated heterocycles. The zero-order valence-electron chi connectivity index (χ0n) is 16.2. The molecule has 1 aromatic heterocycles. The van der Waals surface area contributed by atoms with E-state index in [0.29, 0.717) is 17.9 Å². The lowest BCUT2D eigenvalue weighted by Gasteiger charge is -2.15. The average Bonchev–Trinajstić information content (AvgIpc) is 3.16. The number of alkyl halides is 3. The van der Waals surface area contributed by atoms with Crippen molar-refractivity contribution in [3.8, 4) is 17.0 Å². The molecule has 2 aromatic carbocycles. The van der Waals surface area contributed by atoms with Crippen molar-refractivity contribution >= 4 is 18.0 Å². The van der Waals surface area contributed by atoms with Crippen molar-refractivity contribution in [3.05, 3.63) is 65.7 Å². The number of rotatable bonds is 6. The third-order valence-electron chi connectivity index (χ3n) is 4.39. The lowest BCUT2D eigenvalue weighted by Crippen LogP contribution is -2.26. The Kier molecular flexibility index (Phi) is 5.91. The molecule has 3 aromatic rings. The first-order valence-corrected chi connectivity index (χ1v) is 8.99. The number of benzene rings is 2. The Morgan fingerprint density at radius 3 is 2.30 bits per heavy atom. The third-order valence-corrected chi connectivity index (χ3v) is 4.39. The highest BCUT2D eigenvalue weighted by Crippen LogP contribution is 2.27. The first-order chi connectivity index (χ1) is 14.2. The van der Waals surface area contributed by atoms with Crippen LogP contribution < -0.4 is 9.64 Å². The summed E-state index contributed by atoms with van der Waals surface area (Å²) in [5.41, 5.74) is 2.33. The van der Waals surface area contributed by atoms with E-state index in [2.05, 4.69) is 9.84 Å². The van der Waals surface area contributed by atoms with Crippen LogP contribution in [0.15, 0.2) is 54.6 Å². The van der Waals surface area contributed by atoms with Gasteiger partial charge in [0.2, 0.25) is 0 Å². The maximum atomic E-state index is 12.7. The third kappa shape index (κ3) is 4.68. The molecule has 3 rings (SSSR count). The van der Waals surface area contributed by atoms with Crippen LogP contribution in [0.1, 0.15) is 27.6 Å². The molecular weight excluding hydrogens is 399 g/mol. The minimum absolute atomic E-state index is 0.190. The quantitative estimate of drug-likeness (QED) is 0.552. The molecule has 0 fully saturated rings. The largest absolute Gasteiger partial charge is 0.573 e. The number of halogens is 3. The van der Waals surface area contributed by atoms with Crippen molar-refractivity contribution in [1.29, 1.82) is 0 Å². The molecule has 0 unspecified atom stereocenters. The summed E-state index contributed by atoms with van der Waals surface area (Å²) in [6, 6.07) is 13.4. The maximum absolute atomic E-state index is 12.7. The lowest BCUT2D eigenvalue weighted by atomic mass is 10.1. The van der Waals surface area contributed by atoms with Gasteiger partial charge >= 0.3 is 6.36 Å². The van der Waals surface area contributed by atoms with Gasteiger partial charge in [-0.25, -0.2) is 0 Å². The Morgan fingerprint density at radius 2 is 1.77 bits per heavy atom. The average molecular weight is 417 g/mol. The van der Waals surface area contributed by atoms with Gasteiger partial charge in [0.05, 0.1) is 5.69 Å². The number of hydrogen-bond acceptors (Lipinski definition) is 4. The highest BCUT2D eigenvalue weighted by Gasteiger charge is 2.31. The van der Waals surface area contributed by atoms with Gasteiger partial charge in [0, 0.05) is 30.8 Å². The molecule has 30 heavy (non-hydrogen) atoms. The Morgan fingerprint density at radius 1 is 1.13 bits per heavy atom. The molecule has 9 heteroatoms. The van der Waals surface area contributed by atoms with E-state index < -0.39 is 18.0 Å². The summed E-state index contributed by atoms with van der Waals surface area (Å²) in [5.74, 6) is -0.456. The molecule has 0 aliphatic carbocycles. The normalized spacial score (nSPS) is 11.2. The first kappa shape index (κ1) is 21.1. The Hall–Kier alpha value is -3.62. The van der Waals surface area contributed by atoms with Gasteiger partial charge in [0.15, 0.2) is 5.82 Å². The fraction of sp³-hybridized carbons (Fsp3) is 0.190. The van der Waals surface area contributed by atoms with Crippen LogP contribution in [0.25, 0.3) is 11.3 Å². The van der Waals surface area contributed by atoms with Crippen molar-refractivity contribution in [3.63, 3.8) is 0 Å². The molecule has 1 amide bonds. The number of ether oxygens (including phenoxy) is 1. The maximum Gasteiger partial charge on any atom is 0.573 e. The van der Waals surface area contributed by atoms with Gasteiger partial charge in [0.1, 0.15) is 12.0 Å². The fourth-order valence-corrected chi connectivity index (χ4v) is 2.87. The van der Waals surface area contributed by atoms with Crippen molar-refractivity contribution in [2.45, 2.75) is 19.8 Å². The summed E-state index contributed by atoms with van der Waals surface area (Å²) in [7, 11) is 1.53. The zero-order chi connectivity index (χ0) is 21.9. The number of anilines is 1. The number of carbonyl (C=O) groups is 2. The van der Waals surface area contributed by atoms with Gasteiger partial charge in [0.25, 0.3) is 5.91 Å². The molecule has 1 heterocycles. The molecule has 0 aliphatic rings. The highest BCUT2D eigenvalue weighted by atomic mass is 19.4. The minimum atomic E-state index is -4.80. The Labute approximate surface area is 170 Å². The summed E-state index contributed by atoms with van der Waals surface area (Å²) in [4.78, 5) is 24.9. The van der Waals surface area contributed by atoms with Gasteiger partial charge in [-0.3, -0.25) is 19.2 Å². The number of hydrogen-bond donors (Lipinski definition) is 0. The molecule has 156 valence electrons. The van der Waals surface area contributed by atoms with E-state index in [1.165, 1.54) is 24.1 Å². The van der Waals surface area contributed by atoms with Crippen LogP contribution in [0.5, 0.6) is 5.75 Å². The second-order valence-electron chi connectivity index (χ2n) is 6.38. The van der Waals surface area contributed by atoms with Crippen LogP contribution in [0.4, 0.5) is 19.0 Å². The molecule has 6 nitrogen and oxygen atoms in total. The van der Waals surface area contributed by atoms with E-state index in [1.807, 2.05) is 6.92 Å². The standard InChI is InChI=1S/C21H18F3N3O3/c1-3-27-18(15-6-4-14(13-28)5-7-15)12-19(25-27)26(2)20(29)16-8-10-17(11-9-16)30-21(22,23)24/h4-13H,3H2,1-2H3. The van der Waals surface area contributed by atoms with E-state index in [1.54, 1.807) is 35.0 Å². The number of aryl methyl sites for hydroxylation is 1. The van der Waals surface area contributed by atoms with Gasteiger partial charge < -0.3 is 4.74 Å². The molecule has 0 spiro atoms. The second kappa shape index (κ2) is 8.40.